The lowest BCUT2D eigenvalue weighted by atomic mass is 10.1. The molecule has 4 nitrogen and oxygen atoms in total. The van der Waals surface area contributed by atoms with Gasteiger partial charge in [0.25, 0.3) is 0 Å². The van der Waals surface area contributed by atoms with Gasteiger partial charge in [-0.3, -0.25) is 9.59 Å². The standard InChI is InChI=1S/C29H52O4/c1-3-5-7-9-10-11-12-15-19-23-27-33-29(31)25-21-17-14-13-16-20-24-28(30)32-26-22-18-8-6-4-2/h3-4,6,8-27H2,1-2H3. The summed E-state index contributed by atoms with van der Waals surface area (Å²) in [5.74, 6) is 6.19. The number of hydrogen-bond acceptors (Lipinski definition) is 4. The zero-order valence-corrected chi connectivity index (χ0v) is 21.9. The summed E-state index contributed by atoms with van der Waals surface area (Å²) in [4.78, 5) is 23.5. The molecule has 0 amide bonds. The number of esters is 2. The van der Waals surface area contributed by atoms with Crippen LogP contribution in [0.2, 0.25) is 0 Å². The topological polar surface area (TPSA) is 52.6 Å². The molecule has 0 aromatic rings. The summed E-state index contributed by atoms with van der Waals surface area (Å²) in [6, 6.07) is 0. The lowest BCUT2D eigenvalue weighted by Gasteiger charge is -2.06. The fraction of sp³-hybridized carbons (Fsp3) is 0.862. The number of unbranched alkanes of at least 4 members (excludes halogenated alkanes) is 15. The molecule has 0 spiro atoms. The largest absolute Gasteiger partial charge is 0.466 e. The summed E-state index contributed by atoms with van der Waals surface area (Å²) >= 11 is 0. The Morgan fingerprint density at radius 2 is 0.939 bits per heavy atom. The van der Waals surface area contributed by atoms with Crippen molar-refractivity contribution in [3.63, 3.8) is 0 Å². The molecule has 192 valence electrons. The van der Waals surface area contributed by atoms with E-state index in [0.29, 0.717) is 26.1 Å². The molecule has 0 radical (unpaired) electrons. The van der Waals surface area contributed by atoms with Gasteiger partial charge in [0.2, 0.25) is 0 Å². The normalized spacial score (nSPS) is 10.5. The number of rotatable bonds is 23. The summed E-state index contributed by atoms with van der Waals surface area (Å²) in [5, 5.41) is 0. The van der Waals surface area contributed by atoms with Crippen molar-refractivity contribution < 1.29 is 19.1 Å². The maximum Gasteiger partial charge on any atom is 0.305 e. The van der Waals surface area contributed by atoms with E-state index in [2.05, 4.69) is 25.7 Å². The highest BCUT2D eigenvalue weighted by atomic mass is 16.5. The molecule has 0 unspecified atom stereocenters. The van der Waals surface area contributed by atoms with Crippen LogP contribution in [0.3, 0.4) is 0 Å². The summed E-state index contributed by atoms with van der Waals surface area (Å²) in [7, 11) is 0. The molecular weight excluding hydrogens is 412 g/mol. The molecule has 0 heterocycles. The van der Waals surface area contributed by atoms with E-state index in [9.17, 15) is 9.59 Å². The molecule has 0 aromatic carbocycles. The van der Waals surface area contributed by atoms with Crippen LogP contribution in [0.5, 0.6) is 0 Å². The molecule has 0 atom stereocenters. The van der Waals surface area contributed by atoms with Crippen molar-refractivity contribution in [1.29, 1.82) is 0 Å². The second-order valence-electron chi connectivity index (χ2n) is 9.05. The molecule has 33 heavy (non-hydrogen) atoms. The number of ether oxygens (including phenoxy) is 2. The Hall–Kier alpha value is -1.50. The van der Waals surface area contributed by atoms with Crippen LogP contribution in [0, 0.1) is 11.8 Å². The average molecular weight is 465 g/mol. The average Bonchev–Trinajstić information content (AvgIpc) is 2.81. The zero-order chi connectivity index (χ0) is 24.2. The van der Waals surface area contributed by atoms with Gasteiger partial charge in [0.05, 0.1) is 13.2 Å². The third-order valence-electron chi connectivity index (χ3n) is 5.78. The molecule has 0 aromatic heterocycles. The molecule has 0 N–H and O–H groups in total. The molecule has 0 aliphatic heterocycles. The van der Waals surface area contributed by atoms with E-state index >= 15 is 0 Å². The molecule has 0 saturated heterocycles. The van der Waals surface area contributed by atoms with Gasteiger partial charge in [-0.25, -0.2) is 0 Å². The summed E-state index contributed by atoms with van der Waals surface area (Å²) < 4.78 is 10.6. The van der Waals surface area contributed by atoms with Crippen LogP contribution in [0.4, 0.5) is 0 Å². The van der Waals surface area contributed by atoms with E-state index in [1.54, 1.807) is 0 Å². The Bertz CT molecular complexity index is 503. The molecule has 4 heteroatoms. The van der Waals surface area contributed by atoms with Gasteiger partial charge in [0.1, 0.15) is 0 Å². The van der Waals surface area contributed by atoms with Crippen molar-refractivity contribution in [2.24, 2.45) is 0 Å². The minimum atomic E-state index is -0.0538. The van der Waals surface area contributed by atoms with Gasteiger partial charge in [-0.15, -0.1) is 11.8 Å². The van der Waals surface area contributed by atoms with Gasteiger partial charge in [-0.1, -0.05) is 90.9 Å². The van der Waals surface area contributed by atoms with Gasteiger partial charge in [0.15, 0.2) is 0 Å². The highest BCUT2D eigenvalue weighted by Crippen LogP contribution is 2.11. The van der Waals surface area contributed by atoms with Gasteiger partial charge in [-0.2, -0.15) is 0 Å². The van der Waals surface area contributed by atoms with Crippen molar-refractivity contribution in [3.8, 4) is 11.8 Å². The Kier molecular flexibility index (Phi) is 25.5. The van der Waals surface area contributed by atoms with E-state index in [1.165, 1.54) is 44.9 Å². The van der Waals surface area contributed by atoms with Crippen LogP contribution in [0.1, 0.15) is 149 Å². The minimum Gasteiger partial charge on any atom is -0.466 e. The first-order valence-electron chi connectivity index (χ1n) is 14.0. The molecule has 0 saturated carbocycles. The predicted molar refractivity (Wildman–Crippen MR) is 138 cm³/mol. The van der Waals surface area contributed by atoms with Gasteiger partial charge in [0, 0.05) is 25.7 Å². The summed E-state index contributed by atoms with van der Waals surface area (Å²) in [6.07, 6.45) is 22.1. The Morgan fingerprint density at radius 1 is 0.515 bits per heavy atom. The smallest absolute Gasteiger partial charge is 0.305 e. The van der Waals surface area contributed by atoms with Gasteiger partial charge < -0.3 is 9.47 Å². The fourth-order valence-electron chi connectivity index (χ4n) is 3.70. The van der Waals surface area contributed by atoms with Crippen molar-refractivity contribution >= 4 is 11.9 Å². The highest BCUT2D eigenvalue weighted by molar-refractivity contribution is 5.69. The third kappa shape index (κ3) is 26.6. The van der Waals surface area contributed by atoms with Crippen LogP contribution in [-0.2, 0) is 19.1 Å². The van der Waals surface area contributed by atoms with E-state index in [0.717, 1.165) is 77.0 Å². The summed E-state index contributed by atoms with van der Waals surface area (Å²) in [5.41, 5.74) is 0. The highest BCUT2D eigenvalue weighted by Gasteiger charge is 2.04. The second kappa shape index (κ2) is 26.7. The minimum absolute atomic E-state index is 0.0505. The van der Waals surface area contributed by atoms with E-state index in [1.807, 2.05) is 0 Å². The first-order chi connectivity index (χ1) is 16.2. The van der Waals surface area contributed by atoms with Crippen LogP contribution >= 0.6 is 0 Å². The number of carbonyl (C=O) groups is 2. The molecule has 0 aliphatic carbocycles. The quantitative estimate of drug-likeness (QED) is 0.0866. The van der Waals surface area contributed by atoms with Crippen LogP contribution in [0.25, 0.3) is 0 Å². The van der Waals surface area contributed by atoms with Gasteiger partial charge in [-0.05, 0) is 32.1 Å². The second-order valence-corrected chi connectivity index (χ2v) is 9.05. The van der Waals surface area contributed by atoms with Crippen molar-refractivity contribution in [3.05, 3.63) is 0 Å². The third-order valence-corrected chi connectivity index (χ3v) is 5.78. The van der Waals surface area contributed by atoms with E-state index in [4.69, 9.17) is 9.47 Å². The van der Waals surface area contributed by atoms with Crippen LogP contribution in [0.15, 0.2) is 0 Å². The Labute approximate surface area is 205 Å². The van der Waals surface area contributed by atoms with Crippen LogP contribution < -0.4 is 0 Å². The number of hydrogen-bond donors (Lipinski definition) is 0. The lowest BCUT2D eigenvalue weighted by molar-refractivity contribution is -0.144. The maximum absolute atomic E-state index is 11.8. The monoisotopic (exact) mass is 464 g/mol. The molecule has 0 bridgehead atoms. The Morgan fingerprint density at radius 3 is 1.42 bits per heavy atom. The summed E-state index contributed by atoms with van der Waals surface area (Å²) in [6.45, 7) is 5.43. The molecule has 0 aliphatic rings. The van der Waals surface area contributed by atoms with Crippen molar-refractivity contribution in [2.45, 2.75) is 149 Å². The first-order valence-corrected chi connectivity index (χ1v) is 14.0. The molecule has 0 rings (SSSR count). The predicted octanol–water partition coefficient (Wildman–Crippen LogP) is 8.31. The lowest BCUT2D eigenvalue weighted by Crippen LogP contribution is -2.06. The number of carbonyl (C=O) groups excluding carboxylic acids is 2. The van der Waals surface area contributed by atoms with Crippen molar-refractivity contribution in [1.82, 2.24) is 0 Å². The van der Waals surface area contributed by atoms with Crippen molar-refractivity contribution in [2.75, 3.05) is 13.2 Å². The zero-order valence-electron chi connectivity index (χ0n) is 21.9. The SMILES string of the molecule is CCC#CCCCCCCCCOC(=O)CCCCCCCCC(=O)OCCCCCCC. The molecular formula is C29H52O4. The van der Waals surface area contributed by atoms with E-state index in [-0.39, 0.29) is 11.9 Å². The van der Waals surface area contributed by atoms with Crippen LogP contribution in [-0.4, -0.2) is 25.2 Å². The fourth-order valence-corrected chi connectivity index (χ4v) is 3.70. The first kappa shape index (κ1) is 31.5. The maximum atomic E-state index is 11.8. The molecule has 0 fully saturated rings. The Balaban J connectivity index is 3.27. The van der Waals surface area contributed by atoms with E-state index < -0.39 is 0 Å². The van der Waals surface area contributed by atoms with Gasteiger partial charge >= 0.3 is 11.9 Å².